The lowest BCUT2D eigenvalue weighted by molar-refractivity contribution is -0.298. The molecule has 14 heteroatoms. The Labute approximate surface area is 371 Å². The number of amides is 1. The van der Waals surface area contributed by atoms with Gasteiger partial charge in [-0.05, 0) is 12.8 Å². The number of rotatable bonds is 43. The molecule has 0 aromatic heterocycles. The van der Waals surface area contributed by atoms with Crippen LogP contribution in [0.1, 0.15) is 232 Å². The summed E-state index contributed by atoms with van der Waals surface area (Å²) in [6.45, 7) is 3.30. The molecule has 61 heavy (non-hydrogen) atoms. The summed E-state index contributed by atoms with van der Waals surface area (Å²) >= 11 is 0. The Balaban J connectivity index is 2.51. The van der Waals surface area contributed by atoms with E-state index in [1.54, 1.807) is 0 Å². The molecule has 0 bridgehead atoms. The second kappa shape index (κ2) is 38.3. The highest BCUT2D eigenvalue weighted by molar-refractivity contribution is 7.80. The number of aliphatic hydroxyl groups is 5. The lowest BCUT2D eigenvalue weighted by atomic mass is 9.99. The van der Waals surface area contributed by atoms with Gasteiger partial charge in [0.15, 0.2) is 6.29 Å². The molecule has 1 aliphatic rings. The van der Waals surface area contributed by atoms with E-state index in [9.17, 15) is 43.3 Å². The summed E-state index contributed by atoms with van der Waals surface area (Å²) in [7, 11) is -5.11. The lowest BCUT2D eigenvalue weighted by Gasteiger charge is -2.41. The molecule has 0 spiro atoms. The summed E-state index contributed by atoms with van der Waals surface area (Å²) in [5.74, 6) is -0.665. The van der Waals surface area contributed by atoms with Gasteiger partial charge < -0.3 is 40.3 Å². The lowest BCUT2D eigenvalue weighted by Crippen LogP contribution is -2.61. The molecule has 1 saturated heterocycles. The first-order chi connectivity index (χ1) is 29.4. The zero-order chi connectivity index (χ0) is 45.0. The van der Waals surface area contributed by atoms with E-state index in [0.717, 1.165) is 38.5 Å². The first kappa shape index (κ1) is 58.1. The Morgan fingerprint density at radius 2 is 0.951 bits per heavy atom. The second-order valence-electron chi connectivity index (χ2n) is 17.9. The Bertz CT molecular complexity index is 1120. The van der Waals surface area contributed by atoms with Crippen molar-refractivity contribution in [3.8, 4) is 0 Å². The normalized spacial score (nSPS) is 21.1. The van der Waals surface area contributed by atoms with Crippen LogP contribution in [0.15, 0.2) is 0 Å². The van der Waals surface area contributed by atoms with E-state index >= 15 is 0 Å². The minimum Gasteiger partial charge on any atom is -0.394 e. The molecule has 1 heterocycles. The Morgan fingerprint density at radius 1 is 0.590 bits per heavy atom. The topological polar surface area (TPSA) is 212 Å². The van der Waals surface area contributed by atoms with Crippen molar-refractivity contribution in [2.75, 3.05) is 13.2 Å². The summed E-state index contributed by atoms with van der Waals surface area (Å²) in [4.78, 5) is 13.1. The van der Waals surface area contributed by atoms with E-state index in [-0.39, 0.29) is 6.42 Å². The van der Waals surface area contributed by atoms with Gasteiger partial charge in [0, 0.05) is 0 Å². The van der Waals surface area contributed by atoms with Crippen molar-refractivity contribution in [2.24, 2.45) is 0 Å². The number of ether oxygens (including phenoxy) is 2. The second-order valence-corrected chi connectivity index (χ2v) is 19.0. The third kappa shape index (κ3) is 30.8. The van der Waals surface area contributed by atoms with Gasteiger partial charge in [0.2, 0.25) is 5.91 Å². The Hall–Kier alpha value is -0.940. The van der Waals surface area contributed by atoms with Crippen molar-refractivity contribution < 1.29 is 57.0 Å². The monoisotopic (exact) mass is 896 g/mol. The zero-order valence-electron chi connectivity index (χ0n) is 38.6. The molecule has 1 aliphatic heterocycles. The average Bonchev–Trinajstić information content (AvgIpc) is 3.23. The van der Waals surface area contributed by atoms with Gasteiger partial charge in [-0.2, -0.15) is 8.42 Å². The van der Waals surface area contributed by atoms with Crippen LogP contribution in [-0.2, 0) is 28.9 Å². The summed E-state index contributed by atoms with van der Waals surface area (Å²) in [6, 6.07) is -1.03. The molecule has 8 atom stereocenters. The van der Waals surface area contributed by atoms with E-state index < -0.39 is 78.5 Å². The highest BCUT2D eigenvalue weighted by atomic mass is 32.3. The molecule has 13 nitrogen and oxygen atoms in total. The zero-order valence-corrected chi connectivity index (χ0v) is 39.4. The van der Waals surface area contributed by atoms with Crippen molar-refractivity contribution in [3.63, 3.8) is 0 Å². The number of carbonyl (C=O) groups is 1. The van der Waals surface area contributed by atoms with Crippen molar-refractivity contribution >= 4 is 16.3 Å². The fourth-order valence-corrected chi connectivity index (χ4v) is 8.80. The van der Waals surface area contributed by atoms with E-state index in [1.165, 1.54) is 154 Å². The Morgan fingerprint density at radius 3 is 1.31 bits per heavy atom. The number of nitrogens with one attached hydrogen (secondary N) is 1. The Kier molecular flexibility index (Phi) is 36.5. The molecule has 0 aromatic carbocycles. The summed E-state index contributed by atoms with van der Waals surface area (Å²) in [6.07, 6.45) is 28.5. The molecule has 8 unspecified atom stereocenters. The van der Waals surface area contributed by atoms with Crippen LogP contribution < -0.4 is 5.32 Å². The molecule has 7 N–H and O–H groups in total. The molecule has 0 aromatic rings. The SMILES string of the molecule is CCCCCCCCCCCCCCCCCCCC(O)C(COC1OC(CO)C(O)C(OS(=O)(=O)O)C1O)NC(=O)C(O)CCCCCCCCCCCCCCCCC. The molecule has 1 fully saturated rings. The van der Waals surface area contributed by atoms with Crippen LogP contribution >= 0.6 is 0 Å². The van der Waals surface area contributed by atoms with Crippen LogP contribution in [0, 0.1) is 0 Å². The van der Waals surface area contributed by atoms with Gasteiger partial charge in [-0.3, -0.25) is 9.35 Å². The molecule has 0 saturated carbocycles. The molecule has 364 valence electrons. The van der Waals surface area contributed by atoms with Crippen LogP contribution in [0.3, 0.4) is 0 Å². The predicted octanol–water partition coefficient (Wildman–Crippen LogP) is 9.14. The number of carbonyl (C=O) groups excluding carboxylic acids is 1. The quantitative estimate of drug-likeness (QED) is 0.0226. The smallest absolute Gasteiger partial charge is 0.394 e. The number of unbranched alkanes of at least 4 members (excludes halogenated alkanes) is 30. The van der Waals surface area contributed by atoms with Crippen molar-refractivity contribution in [3.05, 3.63) is 0 Å². The van der Waals surface area contributed by atoms with Gasteiger partial charge >= 0.3 is 10.4 Å². The minimum absolute atomic E-state index is 0.266. The fourth-order valence-electron chi connectivity index (χ4n) is 8.29. The number of aliphatic hydroxyl groups excluding tert-OH is 5. The molecule has 1 rings (SSSR count). The first-order valence-electron chi connectivity index (χ1n) is 25.0. The molecular formula is C47H93NO12S. The van der Waals surface area contributed by atoms with Gasteiger partial charge in [-0.25, -0.2) is 4.18 Å². The summed E-state index contributed by atoms with van der Waals surface area (Å²) in [5, 5.41) is 55.5. The maximum Gasteiger partial charge on any atom is 0.397 e. The van der Waals surface area contributed by atoms with Gasteiger partial charge in [-0.1, -0.05) is 219 Å². The molecule has 0 aliphatic carbocycles. The van der Waals surface area contributed by atoms with E-state index in [0.29, 0.717) is 19.3 Å². The van der Waals surface area contributed by atoms with Crippen LogP contribution in [0.4, 0.5) is 0 Å². The number of hydrogen-bond donors (Lipinski definition) is 7. The summed E-state index contributed by atoms with van der Waals surface area (Å²) < 4.78 is 47.6. The fraction of sp³-hybridized carbons (Fsp3) is 0.979. The van der Waals surface area contributed by atoms with Gasteiger partial charge in [-0.15, -0.1) is 0 Å². The summed E-state index contributed by atoms with van der Waals surface area (Å²) in [5.41, 5.74) is 0. The van der Waals surface area contributed by atoms with E-state index in [4.69, 9.17) is 9.47 Å². The van der Waals surface area contributed by atoms with Crippen LogP contribution in [0.25, 0.3) is 0 Å². The maximum absolute atomic E-state index is 13.1. The highest BCUT2D eigenvalue weighted by Crippen LogP contribution is 2.26. The average molecular weight is 896 g/mol. The van der Waals surface area contributed by atoms with E-state index in [1.807, 2.05) is 0 Å². The maximum atomic E-state index is 13.1. The van der Waals surface area contributed by atoms with Crippen molar-refractivity contribution in [1.29, 1.82) is 0 Å². The van der Waals surface area contributed by atoms with Crippen LogP contribution in [-0.4, -0.2) is 107 Å². The van der Waals surface area contributed by atoms with Gasteiger partial charge in [0.1, 0.15) is 30.5 Å². The van der Waals surface area contributed by atoms with Crippen molar-refractivity contribution in [2.45, 2.75) is 281 Å². The minimum atomic E-state index is -5.11. The third-order valence-electron chi connectivity index (χ3n) is 12.3. The predicted molar refractivity (Wildman–Crippen MR) is 242 cm³/mol. The standard InChI is InChI=1S/C47H93NO12S/c1-3-5-7-9-11-13-15-17-19-20-22-23-25-27-29-31-33-35-40(50)39(38-58-47-44(53)45(60-61(55,56)57)43(52)42(37-49)59-47)48-46(54)41(51)36-34-32-30-28-26-24-21-18-16-14-12-10-8-6-4-2/h39-45,47,49-53H,3-38H2,1-2H3,(H,48,54)(H,55,56,57). The molecular weight excluding hydrogens is 803 g/mol. The van der Waals surface area contributed by atoms with Gasteiger partial charge in [0.05, 0.1) is 25.4 Å². The molecule has 0 radical (unpaired) electrons. The van der Waals surface area contributed by atoms with Crippen LogP contribution in [0.2, 0.25) is 0 Å². The van der Waals surface area contributed by atoms with Crippen LogP contribution in [0.5, 0.6) is 0 Å². The largest absolute Gasteiger partial charge is 0.397 e. The van der Waals surface area contributed by atoms with Crippen molar-refractivity contribution in [1.82, 2.24) is 5.32 Å². The number of hydrogen-bond acceptors (Lipinski definition) is 11. The first-order valence-corrected chi connectivity index (χ1v) is 26.4. The third-order valence-corrected chi connectivity index (χ3v) is 12.7. The van der Waals surface area contributed by atoms with Gasteiger partial charge in [0.25, 0.3) is 0 Å². The van der Waals surface area contributed by atoms with E-state index in [2.05, 4.69) is 23.3 Å². The molecule has 1 amide bonds. The highest BCUT2D eigenvalue weighted by Gasteiger charge is 2.48.